The summed E-state index contributed by atoms with van der Waals surface area (Å²) in [6.45, 7) is 5.73. The molecule has 27 heavy (non-hydrogen) atoms. The van der Waals surface area contributed by atoms with Crippen LogP contribution in [-0.4, -0.2) is 22.6 Å². The Kier molecular flexibility index (Phi) is 5.46. The fourth-order valence-electron chi connectivity index (χ4n) is 3.32. The summed E-state index contributed by atoms with van der Waals surface area (Å²) in [6.07, 6.45) is 0. The first-order valence-electron chi connectivity index (χ1n) is 8.77. The molecular formula is C21H22N2O3S. The maximum Gasteiger partial charge on any atom is 0.178 e. The first kappa shape index (κ1) is 18.9. The number of hydrogen-bond donors (Lipinski definition) is 2. The van der Waals surface area contributed by atoms with E-state index in [4.69, 9.17) is 17.0 Å². The molecule has 5 nitrogen and oxygen atoms in total. The van der Waals surface area contributed by atoms with E-state index < -0.39 is 6.04 Å². The lowest BCUT2D eigenvalue weighted by Gasteiger charge is -2.37. The highest BCUT2D eigenvalue weighted by molar-refractivity contribution is 7.80. The summed E-state index contributed by atoms with van der Waals surface area (Å²) in [5.41, 5.74) is 3.11. The minimum Gasteiger partial charge on any atom is -0.504 e. The van der Waals surface area contributed by atoms with Gasteiger partial charge in [0.15, 0.2) is 22.4 Å². The molecule has 2 N–H and O–H groups in total. The van der Waals surface area contributed by atoms with Gasteiger partial charge in [0.05, 0.1) is 12.6 Å². The number of nitrogens with one attached hydrogen (secondary N) is 1. The van der Waals surface area contributed by atoms with Crippen LogP contribution in [0.3, 0.4) is 0 Å². The van der Waals surface area contributed by atoms with Gasteiger partial charge >= 0.3 is 0 Å². The molecule has 0 radical (unpaired) electrons. The number of carbonyl (C=O) groups excluding carboxylic acids is 1. The van der Waals surface area contributed by atoms with E-state index in [0.29, 0.717) is 23.0 Å². The second kappa shape index (κ2) is 7.80. The van der Waals surface area contributed by atoms with Crippen LogP contribution >= 0.6 is 12.2 Å². The Morgan fingerprint density at radius 1 is 1.26 bits per heavy atom. The number of carbonyl (C=O) groups is 1. The number of phenols is 1. The molecule has 1 aliphatic rings. The standard InChI is InChI=1S/C21H22N2O3S/c1-4-26-18-12-15(10-11-17(18)25)20-19(14(3)24)13(2)23(21(27)22-20)16-8-6-5-7-9-16/h5-12,20,25H,4H2,1-3H3,(H,22,27)/t20-/m1/s1. The second-order valence-electron chi connectivity index (χ2n) is 6.27. The summed E-state index contributed by atoms with van der Waals surface area (Å²) in [5, 5.41) is 13.8. The summed E-state index contributed by atoms with van der Waals surface area (Å²) in [7, 11) is 0. The minimum absolute atomic E-state index is 0.0422. The normalized spacial score (nSPS) is 16.9. The number of Topliss-reactive ketones (excluding diaryl/α,β-unsaturated/α-hetero) is 1. The molecule has 0 aliphatic carbocycles. The first-order chi connectivity index (χ1) is 12.9. The zero-order valence-electron chi connectivity index (χ0n) is 15.5. The molecule has 0 amide bonds. The van der Waals surface area contributed by atoms with Crippen molar-refractivity contribution in [3.05, 3.63) is 65.4 Å². The van der Waals surface area contributed by atoms with E-state index in [1.807, 2.05) is 49.1 Å². The quantitative estimate of drug-likeness (QED) is 0.760. The Morgan fingerprint density at radius 2 is 1.96 bits per heavy atom. The smallest absolute Gasteiger partial charge is 0.178 e. The fraction of sp³-hybridized carbons (Fsp3) is 0.238. The molecule has 1 aliphatic heterocycles. The van der Waals surface area contributed by atoms with E-state index in [1.54, 1.807) is 25.1 Å². The van der Waals surface area contributed by atoms with Gasteiger partial charge in [-0.1, -0.05) is 24.3 Å². The van der Waals surface area contributed by atoms with E-state index in [0.717, 1.165) is 16.9 Å². The predicted molar refractivity (Wildman–Crippen MR) is 110 cm³/mol. The van der Waals surface area contributed by atoms with Crippen molar-refractivity contribution < 1.29 is 14.6 Å². The van der Waals surface area contributed by atoms with E-state index in [9.17, 15) is 9.90 Å². The van der Waals surface area contributed by atoms with Crippen LogP contribution in [0, 0.1) is 0 Å². The number of ketones is 1. The predicted octanol–water partition coefficient (Wildman–Crippen LogP) is 4.09. The van der Waals surface area contributed by atoms with Crippen LogP contribution in [-0.2, 0) is 4.79 Å². The highest BCUT2D eigenvalue weighted by Crippen LogP contribution is 2.37. The van der Waals surface area contributed by atoms with Crippen molar-refractivity contribution in [3.8, 4) is 11.5 Å². The Balaban J connectivity index is 2.10. The first-order valence-corrected chi connectivity index (χ1v) is 9.18. The van der Waals surface area contributed by atoms with Crippen LogP contribution in [0.2, 0.25) is 0 Å². The fourth-order valence-corrected chi connectivity index (χ4v) is 3.68. The zero-order valence-corrected chi connectivity index (χ0v) is 16.3. The summed E-state index contributed by atoms with van der Waals surface area (Å²) < 4.78 is 5.49. The summed E-state index contributed by atoms with van der Waals surface area (Å²) >= 11 is 5.60. The average molecular weight is 382 g/mol. The molecule has 0 saturated heterocycles. The van der Waals surface area contributed by atoms with Gasteiger partial charge in [0, 0.05) is 17.0 Å². The lowest BCUT2D eigenvalue weighted by Crippen LogP contribution is -2.47. The van der Waals surface area contributed by atoms with Crippen LogP contribution in [0.1, 0.15) is 32.4 Å². The van der Waals surface area contributed by atoms with E-state index >= 15 is 0 Å². The van der Waals surface area contributed by atoms with Crippen molar-refractivity contribution in [2.24, 2.45) is 0 Å². The van der Waals surface area contributed by atoms with Gasteiger partial charge in [-0.15, -0.1) is 0 Å². The van der Waals surface area contributed by atoms with Gasteiger partial charge in [-0.05, 0) is 62.8 Å². The number of phenolic OH excluding ortho intramolecular Hbond substituents is 1. The van der Waals surface area contributed by atoms with Crippen LogP contribution in [0.25, 0.3) is 0 Å². The third kappa shape index (κ3) is 3.66. The van der Waals surface area contributed by atoms with Gasteiger partial charge in [-0.2, -0.15) is 0 Å². The number of nitrogens with zero attached hydrogens (tertiary/aromatic N) is 1. The molecule has 3 rings (SSSR count). The van der Waals surface area contributed by atoms with Crippen LogP contribution in [0.5, 0.6) is 11.5 Å². The molecule has 0 bridgehead atoms. The molecule has 140 valence electrons. The molecule has 0 aromatic heterocycles. The zero-order chi connectivity index (χ0) is 19.6. The van der Waals surface area contributed by atoms with Crippen molar-refractivity contribution in [2.75, 3.05) is 11.5 Å². The van der Waals surface area contributed by atoms with Gasteiger partial charge in [0.1, 0.15) is 0 Å². The Hall–Kier alpha value is -2.86. The lowest BCUT2D eigenvalue weighted by molar-refractivity contribution is -0.114. The van der Waals surface area contributed by atoms with Gasteiger partial charge in [-0.3, -0.25) is 9.69 Å². The SMILES string of the molecule is CCOc1cc([C@H]2NC(=S)N(c3ccccc3)C(C)=C2C(C)=O)ccc1O. The van der Waals surface area contributed by atoms with Crippen molar-refractivity contribution in [1.82, 2.24) is 5.32 Å². The average Bonchev–Trinajstić information content (AvgIpc) is 2.63. The molecule has 2 aromatic carbocycles. The Bertz CT molecular complexity index is 909. The monoisotopic (exact) mass is 382 g/mol. The van der Waals surface area contributed by atoms with Crippen LogP contribution in [0.15, 0.2) is 59.8 Å². The van der Waals surface area contributed by atoms with Gasteiger partial charge in [-0.25, -0.2) is 0 Å². The maximum atomic E-state index is 12.5. The molecule has 6 heteroatoms. The second-order valence-corrected chi connectivity index (χ2v) is 6.66. The van der Waals surface area contributed by atoms with Crippen molar-refractivity contribution in [2.45, 2.75) is 26.8 Å². The number of hydrogen-bond acceptors (Lipinski definition) is 4. The molecule has 1 atom stereocenters. The summed E-state index contributed by atoms with van der Waals surface area (Å²) in [6, 6.07) is 14.4. The van der Waals surface area contributed by atoms with Crippen LogP contribution in [0.4, 0.5) is 5.69 Å². The molecular weight excluding hydrogens is 360 g/mol. The molecule has 1 heterocycles. The number of allylic oxidation sites excluding steroid dienone is 1. The summed E-state index contributed by atoms with van der Waals surface area (Å²) in [5.74, 6) is 0.406. The van der Waals surface area contributed by atoms with E-state index in [-0.39, 0.29) is 11.5 Å². The topological polar surface area (TPSA) is 61.8 Å². The van der Waals surface area contributed by atoms with Gasteiger partial charge in [0.25, 0.3) is 0 Å². The Morgan fingerprint density at radius 3 is 2.59 bits per heavy atom. The van der Waals surface area contributed by atoms with Crippen molar-refractivity contribution in [3.63, 3.8) is 0 Å². The maximum absolute atomic E-state index is 12.5. The molecule has 2 aromatic rings. The molecule has 0 unspecified atom stereocenters. The minimum atomic E-state index is -0.408. The number of thiocarbonyl (C=S) groups is 1. The lowest BCUT2D eigenvalue weighted by atomic mass is 9.92. The van der Waals surface area contributed by atoms with Crippen molar-refractivity contribution >= 4 is 28.8 Å². The highest BCUT2D eigenvalue weighted by atomic mass is 32.1. The third-order valence-corrected chi connectivity index (χ3v) is 4.80. The van der Waals surface area contributed by atoms with Gasteiger partial charge in [0.2, 0.25) is 0 Å². The Labute approximate surface area is 164 Å². The molecule has 0 saturated carbocycles. The third-order valence-electron chi connectivity index (χ3n) is 4.50. The molecule has 0 fully saturated rings. The van der Waals surface area contributed by atoms with E-state index in [2.05, 4.69) is 5.32 Å². The van der Waals surface area contributed by atoms with Gasteiger partial charge < -0.3 is 15.2 Å². The number of rotatable bonds is 5. The number of aromatic hydroxyl groups is 1. The number of ether oxygens (including phenoxy) is 1. The van der Waals surface area contributed by atoms with E-state index in [1.165, 1.54) is 0 Å². The number of benzene rings is 2. The highest BCUT2D eigenvalue weighted by Gasteiger charge is 2.33. The molecule has 0 spiro atoms. The number of para-hydroxylation sites is 1. The van der Waals surface area contributed by atoms with Crippen molar-refractivity contribution in [1.29, 1.82) is 0 Å². The number of anilines is 1. The largest absolute Gasteiger partial charge is 0.504 e. The summed E-state index contributed by atoms with van der Waals surface area (Å²) in [4.78, 5) is 14.4. The van der Waals surface area contributed by atoms with Crippen LogP contribution < -0.4 is 15.0 Å².